The normalized spacial score (nSPS) is 13.6. The summed E-state index contributed by atoms with van der Waals surface area (Å²) in [4.78, 5) is 12.9. The Morgan fingerprint density at radius 3 is 2.14 bits per heavy atom. The molecule has 0 saturated carbocycles. The molecule has 0 spiro atoms. The molecule has 0 bridgehead atoms. The number of hydrogen-bond donors (Lipinski definition) is 1. The minimum absolute atomic E-state index is 0.0208. The zero-order valence-electron chi connectivity index (χ0n) is 12.9. The number of rotatable bonds is 7. The van der Waals surface area contributed by atoms with Crippen molar-refractivity contribution in [2.24, 2.45) is 5.92 Å². The third-order valence-corrected chi connectivity index (χ3v) is 5.54. The van der Waals surface area contributed by atoms with Gasteiger partial charge < -0.3 is 10.0 Å². The zero-order chi connectivity index (χ0) is 16.2. The predicted octanol–water partition coefficient (Wildman–Crippen LogP) is 2.13. The largest absolute Gasteiger partial charge is 0.478 e. The molecule has 0 aliphatic carbocycles. The lowest BCUT2D eigenvalue weighted by atomic mass is 10.1. The lowest BCUT2D eigenvalue weighted by Gasteiger charge is -2.27. The first kappa shape index (κ1) is 17.7. The highest BCUT2D eigenvalue weighted by atomic mass is 32.2. The molecule has 0 aliphatic heterocycles. The van der Waals surface area contributed by atoms with Gasteiger partial charge in [0.1, 0.15) is 0 Å². The van der Waals surface area contributed by atoms with Crippen molar-refractivity contribution in [2.75, 3.05) is 19.3 Å². The van der Waals surface area contributed by atoms with Gasteiger partial charge in [-0.25, -0.2) is 13.2 Å². The fraction of sp³-hybridized carbons (Fsp3) is 0.533. The fourth-order valence-electron chi connectivity index (χ4n) is 1.90. The van der Waals surface area contributed by atoms with Crippen LogP contribution in [-0.4, -0.2) is 49.8 Å². The van der Waals surface area contributed by atoms with Crippen molar-refractivity contribution in [3.63, 3.8) is 0 Å². The molecule has 0 aliphatic rings. The molecule has 118 valence electrons. The summed E-state index contributed by atoms with van der Waals surface area (Å²) < 4.78 is 24.5. The highest BCUT2D eigenvalue weighted by molar-refractivity contribution is 7.91. The molecule has 1 rings (SSSR count). The van der Waals surface area contributed by atoms with Gasteiger partial charge in [0.15, 0.2) is 9.84 Å². The zero-order valence-corrected chi connectivity index (χ0v) is 13.7. The summed E-state index contributed by atoms with van der Waals surface area (Å²) in [6.45, 7) is 6.71. The van der Waals surface area contributed by atoms with Crippen LogP contribution in [0.15, 0.2) is 29.2 Å². The Kier molecular flexibility index (Phi) is 5.92. The van der Waals surface area contributed by atoms with Crippen molar-refractivity contribution in [2.45, 2.75) is 31.7 Å². The number of benzene rings is 1. The molecule has 0 saturated heterocycles. The molecule has 0 amide bonds. The summed E-state index contributed by atoms with van der Waals surface area (Å²) in [5, 5.41) is 8.81. The predicted molar refractivity (Wildman–Crippen MR) is 82.4 cm³/mol. The van der Waals surface area contributed by atoms with Gasteiger partial charge in [-0.05, 0) is 44.2 Å². The Bertz CT molecular complexity index is 578. The Morgan fingerprint density at radius 1 is 1.19 bits per heavy atom. The van der Waals surface area contributed by atoms with Crippen LogP contribution in [0.2, 0.25) is 0 Å². The SMILES string of the molecule is CC(C)C(C)N(C)CCS(=O)(=O)c1ccc(C(=O)O)cc1. The maximum atomic E-state index is 12.2. The molecule has 1 N–H and O–H groups in total. The minimum atomic E-state index is -3.39. The van der Waals surface area contributed by atoms with Gasteiger partial charge in [-0.2, -0.15) is 0 Å². The van der Waals surface area contributed by atoms with Crippen LogP contribution in [0.25, 0.3) is 0 Å². The molecule has 0 radical (unpaired) electrons. The van der Waals surface area contributed by atoms with Crippen molar-refractivity contribution >= 4 is 15.8 Å². The monoisotopic (exact) mass is 313 g/mol. The molecule has 5 nitrogen and oxygen atoms in total. The molecular weight excluding hydrogens is 290 g/mol. The first-order chi connectivity index (χ1) is 9.65. The smallest absolute Gasteiger partial charge is 0.335 e. The molecule has 1 aromatic rings. The van der Waals surface area contributed by atoms with Gasteiger partial charge in [0.05, 0.1) is 16.2 Å². The van der Waals surface area contributed by atoms with Crippen LogP contribution in [-0.2, 0) is 9.84 Å². The standard InChI is InChI=1S/C15H23NO4S/c1-11(2)12(3)16(4)9-10-21(19,20)14-7-5-13(6-8-14)15(17)18/h5-8,11-12H,9-10H2,1-4H3,(H,17,18). The number of aromatic carboxylic acids is 1. The molecule has 0 fully saturated rings. The Morgan fingerprint density at radius 2 is 1.71 bits per heavy atom. The van der Waals surface area contributed by atoms with Gasteiger partial charge in [-0.15, -0.1) is 0 Å². The molecule has 0 aromatic heterocycles. The van der Waals surface area contributed by atoms with Gasteiger partial charge in [-0.3, -0.25) is 0 Å². The van der Waals surface area contributed by atoms with E-state index in [9.17, 15) is 13.2 Å². The van der Waals surface area contributed by atoms with Crippen LogP contribution in [0.3, 0.4) is 0 Å². The van der Waals surface area contributed by atoms with E-state index < -0.39 is 15.8 Å². The highest BCUT2D eigenvalue weighted by Crippen LogP contribution is 2.14. The average Bonchev–Trinajstić information content (AvgIpc) is 2.44. The minimum Gasteiger partial charge on any atom is -0.478 e. The average molecular weight is 313 g/mol. The molecule has 6 heteroatoms. The van der Waals surface area contributed by atoms with Crippen LogP contribution < -0.4 is 0 Å². The maximum Gasteiger partial charge on any atom is 0.335 e. The Labute approximate surface area is 126 Å². The van der Waals surface area contributed by atoms with Crippen LogP contribution in [0.5, 0.6) is 0 Å². The molecule has 21 heavy (non-hydrogen) atoms. The quantitative estimate of drug-likeness (QED) is 0.834. The van der Waals surface area contributed by atoms with Crippen molar-refractivity contribution in [1.29, 1.82) is 0 Å². The summed E-state index contributed by atoms with van der Waals surface area (Å²) in [5.74, 6) is -0.593. The number of hydrogen-bond acceptors (Lipinski definition) is 4. The number of nitrogens with zero attached hydrogens (tertiary/aromatic N) is 1. The van der Waals surface area contributed by atoms with Crippen molar-refractivity contribution in [3.05, 3.63) is 29.8 Å². The van der Waals surface area contributed by atoms with E-state index in [0.29, 0.717) is 18.5 Å². The summed E-state index contributed by atoms with van der Waals surface area (Å²) in [6.07, 6.45) is 0. The second-order valence-electron chi connectivity index (χ2n) is 5.61. The summed E-state index contributed by atoms with van der Waals surface area (Å²) in [6, 6.07) is 5.63. The van der Waals surface area contributed by atoms with E-state index in [4.69, 9.17) is 5.11 Å². The number of carboxylic acid groups (broad SMARTS) is 1. The van der Waals surface area contributed by atoms with E-state index in [1.54, 1.807) is 0 Å². The number of sulfone groups is 1. The lowest BCUT2D eigenvalue weighted by molar-refractivity contribution is 0.0696. The third-order valence-electron chi connectivity index (χ3n) is 3.83. The molecule has 0 heterocycles. The number of carboxylic acids is 1. The van der Waals surface area contributed by atoms with Crippen LogP contribution >= 0.6 is 0 Å². The molecule has 1 aromatic carbocycles. The Balaban J connectivity index is 2.76. The first-order valence-corrected chi connectivity index (χ1v) is 8.56. The maximum absolute atomic E-state index is 12.2. The molecule has 1 atom stereocenters. The van der Waals surface area contributed by atoms with Crippen molar-refractivity contribution in [3.8, 4) is 0 Å². The number of carbonyl (C=O) groups is 1. The van der Waals surface area contributed by atoms with E-state index in [2.05, 4.69) is 20.8 Å². The van der Waals surface area contributed by atoms with Crippen LogP contribution in [0.4, 0.5) is 0 Å². The highest BCUT2D eigenvalue weighted by Gasteiger charge is 2.19. The van der Waals surface area contributed by atoms with Gasteiger partial charge in [-0.1, -0.05) is 13.8 Å². The lowest BCUT2D eigenvalue weighted by Crippen LogP contribution is -2.36. The summed E-state index contributed by atoms with van der Waals surface area (Å²) in [7, 11) is -1.48. The van der Waals surface area contributed by atoms with Gasteiger partial charge in [0.2, 0.25) is 0 Å². The van der Waals surface area contributed by atoms with E-state index in [1.807, 2.05) is 11.9 Å². The van der Waals surface area contributed by atoms with E-state index in [1.165, 1.54) is 24.3 Å². The summed E-state index contributed by atoms with van der Waals surface area (Å²) >= 11 is 0. The van der Waals surface area contributed by atoms with Gasteiger partial charge in [0.25, 0.3) is 0 Å². The second-order valence-corrected chi connectivity index (χ2v) is 7.72. The van der Waals surface area contributed by atoms with E-state index >= 15 is 0 Å². The van der Waals surface area contributed by atoms with Crippen molar-refractivity contribution < 1.29 is 18.3 Å². The molecule has 1 unspecified atom stereocenters. The van der Waals surface area contributed by atoms with E-state index in [-0.39, 0.29) is 16.2 Å². The molecular formula is C15H23NO4S. The Hall–Kier alpha value is -1.40. The first-order valence-electron chi connectivity index (χ1n) is 6.91. The van der Waals surface area contributed by atoms with E-state index in [0.717, 1.165) is 0 Å². The van der Waals surface area contributed by atoms with Crippen LogP contribution in [0.1, 0.15) is 31.1 Å². The fourth-order valence-corrected chi connectivity index (χ4v) is 3.21. The van der Waals surface area contributed by atoms with Crippen LogP contribution in [0, 0.1) is 5.92 Å². The van der Waals surface area contributed by atoms with Crippen molar-refractivity contribution in [1.82, 2.24) is 4.90 Å². The van der Waals surface area contributed by atoms with Gasteiger partial charge in [0, 0.05) is 12.6 Å². The summed E-state index contributed by atoms with van der Waals surface area (Å²) in [5.41, 5.74) is 0.0829. The topological polar surface area (TPSA) is 74.7 Å². The third kappa shape index (κ3) is 4.82. The second kappa shape index (κ2) is 7.04. The van der Waals surface area contributed by atoms with Gasteiger partial charge >= 0.3 is 5.97 Å².